The summed E-state index contributed by atoms with van der Waals surface area (Å²) in [5.74, 6) is -3.77. The van der Waals surface area contributed by atoms with Gasteiger partial charge in [0.15, 0.2) is 0 Å². The summed E-state index contributed by atoms with van der Waals surface area (Å²) in [7, 11) is 0. The monoisotopic (exact) mass is 543 g/mol. The van der Waals surface area contributed by atoms with Gasteiger partial charge in [0, 0.05) is 18.6 Å². The third kappa shape index (κ3) is 11.2. The van der Waals surface area contributed by atoms with Crippen molar-refractivity contribution in [1.29, 1.82) is 0 Å². The van der Waals surface area contributed by atoms with E-state index in [0.29, 0.717) is 17.7 Å². The number of nitrogens with two attached hydrogens (primary N) is 2. The van der Waals surface area contributed by atoms with Crippen molar-refractivity contribution in [1.82, 2.24) is 16.0 Å². The number of thioether (sulfide) groups is 1. The number of carbonyl (C=O) groups is 5. The minimum Gasteiger partial charge on any atom is -0.508 e. The molecule has 0 saturated heterocycles. The maximum absolute atomic E-state index is 13.2. The molecule has 0 aromatic heterocycles. The van der Waals surface area contributed by atoms with Crippen LogP contribution in [0.3, 0.4) is 0 Å². The number of aliphatic carboxylic acids is 1. The van der Waals surface area contributed by atoms with E-state index in [2.05, 4.69) is 28.6 Å². The molecular formula is C22H33N5O7S2. The molecule has 0 aliphatic heterocycles. The highest BCUT2D eigenvalue weighted by Gasteiger charge is 2.30. The average molecular weight is 544 g/mol. The summed E-state index contributed by atoms with van der Waals surface area (Å²) in [4.78, 5) is 61.1. The van der Waals surface area contributed by atoms with E-state index in [0.717, 1.165) is 0 Å². The van der Waals surface area contributed by atoms with Crippen molar-refractivity contribution in [3.8, 4) is 5.75 Å². The molecule has 1 aromatic rings. The normalized spacial score (nSPS) is 14.1. The lowest BCUT2D eigenvalue weighted by atomic mass is 10.0. The number of carboxylic acid groups (broad SMARTS) is 1. The Morgan fingerprint density at radius 2 is 1.50 bits per heavy atom. The van der Waals surface area contributed by atoms with Crippen LogP contribution in [0.5, 0.6) is 5.75 Å². The highest BCUT2D eigenvalue weighted by atomic mass is 32.2. The Balaban J connectivity index is 3.11. The number of nitrogens with one attached hydrogen (secondary N) is 3. The van der Waals surface area contributed by atoms with Gasteiger partial charge >= 0.3 is 5.97 Å². The fraction of sp³-hybridized carbons (Fsp3) is 0.500. The molecule has 0 bridgehead atoms. The number of aromatic hydroxyl groups is 1. The van der Waals surface area contributed by atoms with Gasteiger partial charge in [-0.3, -0.25) is 19.2 Å². The van der Waals surface area contributed by atoms with E-state index in [1.165, 1.54) is 23.9 Å². The number of amides is 4. The summed E-state index contributed by atoms with van der Waals surface area (Å²) in [6.07, 6.45) is 1.80. The minimum atomic E-state index is -1.32. The Labute approximate surface area is 218 Å². The van der Waals surface area contributed by atoms with Gasteiger partial charge < -0.3 is 37.6 Å². The van der Waals surface area contributed by atoms with Crippen LogP contribution in [0, 0.1) is 0 Å². The molecule has 14 heteroatoms. The van der Waals surface area contributed by atoms with Crippen molar-refractivity contribution in [2.75, 3.05) is 17.8 Å². The smallest absolute Gasteiger partial charge is 0.327 e. The highest BCUT2D eigenvalue weighted by molar-refractivity contribution is 7.98. The van der Waals surface area contributed by atoms with Crippen LogP contribution in [0.15, 0.2) is 24.3 Å². The van der Waals surface area contributed by atoms with Crippen LogP contribution in [0.2, 0.25) is 0 Å². The topological polar surface area (TPSA) is 214 Å². The molecule has 0 spiro atoms. The number of carboxylic acids is 1. The number of phenolic OH excluding ortho intramolecular Hbond substituents is 1. The molecule has 1 aromatic carbocycles. The van der Waals surface area contributed by atoms with Crippen LogP contribution in [0.4, 0.5) is 0 Å². The summed E-state index contributed by atoms with van der Waals surface area (Å²) in [5, 5.41) is 26.0. The zero-order chi connectivity index (χ0) is 27.3. The van der Waals surface area contributed by atoms with E-state index < -0.39 is 53.8 Å². The lowest BCUT2D eigenvalue weighted by Crippen LogP contribution is -2.58. The van der Waals surface area contributed by atoms with Gasteiger partial charge in [-0.05, 0) is 42.5 Å². The van der Waals surface area contributed by atoms with Crippen molar-refractivity contribution < 1.29 is 34.2 Å². The molecule has 0 heterocycles. The average Bonchev–Trinajstić information content (AvgIpc) is 2.83. The van der Waals surface area contributed by atoms with Crippen molar-refractivity contribution in [3.63, 3.8) is 0 Å². The number of hydrogen-bond donors (Lipinski definition) is 8. The van der Waals surface area contributed by atoms with E-state index in [9.17, 15) is 34.2 Å². The van der Waals surface area contributed by atoms with Gasteiger partial charge in [-0.25, -0.2) is 4.79 Å². The molecule has 36 heavy (non-hydrogen) atoms. The second-order valence-corrected chi connectivity index (χ2v) is 9.32. The Hall–Kier alpha value is -2.97. The third-order valence-corrected chi connectivity index (χ3v) is 6.10. The molecule has 4 unspecified atom stereocenters. The van der Waals surface area contributed by atoms with Gasteiger partial charge in [0.2, 0.25) is 23.6 Å². The van der Waals surface area contributed by atoms with Gasteiger partial charge in [0.05, 0.1) is 6.04 Å². The molecule has 0 aliphatic carbocycles. The third-order valence-electron chi connectivity index (χ3n) is 5.09. The molecule has 0 fully saturated rings. The van der Waals surface area contributed by atoms with Crippen molar-refractivity contribution in [2.24, 2.45) is 11.5 Å². The van der Waals surface area contributed by atoms with Crippen LogP contribution in [0.25, 0.3) is 0 Å². The molecule has 4 atom stereocenters. The van der Waals surface area contributed by atoms with Crippen molar-refractivity contribution in [3.05, 3.63) is 29.8 Å². The predicted octanol–water partition coefficient (Wildman–Crippen LogP) is -1.25. The van der Waals surface area contributed by atoms with E-state index in [1.807, 2.05) is 6.26 Å². The van der Waals surface area contributed by atoms with Gasteiger partial charge in [-0.1, -0.05) is 12.1 Å². The van der Waals surface area contributed by atoms with Crippen LogP contribution in [-0.2, 0) is 30.4 Å². The minimum absolute atomic E-state index is 0.00561. The second kappa shape index (κ2) is 15.9. The maximum atomic E-state index is 13.2. The molecular weight excluding hydrogens is 510 g/mol. The number of benzene rings is 1. The van der Waals surface area contributed by atoms with Crippen LogP contribution in [0.1, 0.15) is 24.8 Å². The number of hydrogen-bond acceptors (Lipinski definition) is 9. The first-order valence-corrected chi connectivity index (χ1v) is 13.1. The standard InChI is InChI=1S/C22H33N5O7S2/c1-36-9-8-14(23)19(30)26-16(10-12-2-4-13(28)5-3-12)21(32)25-15(6-7-18(24)29)20(31)27-17(11-35)22(33)34/h2-5,14-17,28,35H,6-11,23H2,1H3,(H2,24,29)(H,25,32)(H,26,30)(H,27,31)(H,33,34). The summed E-state index contributed by atoms with van der Waals surface area (Å²) in [6, 6.07) is 1.31. The molecule has 9 N–H and O–H groups in total. The van der Waals surface area contributed by atoms with E-state index in [-0.39, 0.29) is 30.8 Å². The lowest BCUT2D eigenvalue weighted by Gasteiger charge is -2.25. The summed E-state index contributed by atoms with van der Waals surface area (Å²) in [6.45, 7) is 0. The maximum Gasteiger partial charge on any atom is 0.327 e. The molecule has 0 aliphatic rings. The molecule has 1 rings (SSSR count). The molecule has 12 nitrogen and oxygen atoms in total. The number of primary amides is 1. The first-order valence-electron chi connectivity index (χ1n) is 11.0. The number of thiol groups is 1. The van der Waals surface area contributed by atoms with Gasteiger partial charge in [0.25, 0.3) is 0 Å². The zero-order valence-corrected chi connectivity index (χ0v) is 21.5. The number of carbonyl (C=O) groups excluding carboxylic acids is 4. The molecule has 0 radical (unpaired) electrons. The van der Waals surface area contributed by atoms with Crippen LogP contribution >= 0.6 is 24.4 Å². The van der Waals surface area contributed by atoms with Gasteiger partial charge in [-0.15, -0.1) is 0 Å². The van der Waals surface area contributed by atoms with E-state index in [1.54, 1.807) is 12.1 Å². The fourth-order valence-corrected chi connectivity index (χ4v) is 3.75. The molecule has 0 saturated carbocycles. The zero-order valence-electron chi connectivity index (χ0n) is 19.8. The number of rotatable bonds is 16. The van der Waals surface area contributed by atoms with E-state index >= 15 is 0 Å². The summed E-state index contributed by atoms with van der Waals surface area (Å²) in [5.41, 5.74) is 11.7. The second-order valence-electron chi connectivity index (χ2n) is 7.97. The first-order chi connectivity index (χ1) is 17.0. The predicted molar refractivity (Wildman–Crippen MR) is 138 cm³/mol. The molecule has 200 valence electrons. The van der Waals surface area contributed by atoms with Crippen LogP contribution < -0.4 is 27.4 Å². The largest absolute Gasteiger partial charge is 0.508 e. The SMILES string of the molecule is CSCCC(N)C(=O)NC(Cc1ccc(O)cc1)C(=O)NC(CCC(N)=O)C(=O)NC(CS)C(=O)O. The van der Waals surface area contributed by atoms with Gasteiger partial charge in [-0.2, -0.15) is 24.4 Å². The fourth-order valence-electron chi connectivity index (χ4n) is 3.02. The number of phenols is 1. The Morgan fingerprint density at radius 1 is 0.944 bits per heavy atom. The van der Waals surface area contributed by atoms with Crippen molar-refractivity contribution in [2.45, 2.75) is 49.9 Å². The highest BCUT2D eigenvalue weighted by Crippen LogP contribution is 2.12. The van der Waals surface area contributed by atoms with Crippen molar-refractivity contribution >= 4 is 54.0 Å². The lowest BCUT2D eigenvalue weighted by molar-refractivity contribution is -0.141. The quantitative estimate of drug-likeness (QED) is 0.117. The summed E-state index contributed by atoms with van der Waals surface area (Å²) < 4.78 is 0. The Morgan fingerprint density at radius 3 is 2.03 bits per heavy atom. The molecule has 4 amide bonds. The summed E-state index contributed by atoms with van der Waals surface area (Å²) >= 11 is 5.41. The Kier molecular flexibility index (Phi) is 13.7. The van der Waals surface area contributed by atoms with Gasteiger partial charge in [0.1, 0.15) is 23.9 Å². The van der Waals surface area contributed by atoms with E-state index in [4.69, 9.17) is 11.5 Å². The first kappa shape index (κ1) is 31.1. The van der Waals surface area contributed by atoms with Crippen LogP contribution in [-0.4, -0.2) is 81.7 Å². The Bertz CT molecular complexity index is 917.